The van der Waals surface area contributed by atoms with Gasteiger partial charge in [-0.15, -0.1) is 0 Å². The highest BCUT2D eigenvalue weighted by molar-refractivity contribution is 6.05. The first-order chi connectivity index (χ1) is 9.56. The average molecular weight is 279 g/mol. The zero-order valence-electron chi connectivity index (χ0n) is 12.2. The quantitative estimate of drug-likeness (QED) is 0.796. The number of hydrogen-bond acceptors (Lipinski definition) is 5. The van der Waals surface area contributed by atoms with Gasteiger partial charge in [0.2, 0.25) is 11.8 Å². The minimum Gasteiger partial charge on any atom is -0.360 e. The number of aryl methyl sites for hydroxylation is 1. The van der Waals surface area contributed by atoms with Crippen molar-refractivity contribution in [2.45, 2.75) is 58.7 Å². The molecule has 6 nitrogen and oxygen atoms in total. The highest BCUT2D eigenvalue weighted by Gasteiger charge is 2.41. The van der Waals surface area contributed by atoms with Gasteiger partial charge in [-0.1, -0.05) is 19.0 Å². The van der Waals surface area contributed by atoms with Crippen LogP contribution in [-0.2, 0) is 16.1 Å². The van der Waals surface area contributed by atoms with Crippen molar-refractivity contribution in [3.63, 3.8) is 0 Å². The topological polar surface area (TPSA) is 75.4 Å². The van der Waals surface area contributed by atoms with Crippen molar-refractivity contribution >= 4 is 11.8 Å². The molecule has 0 radical (unpaired) electrons. The van der Waals surface area contributed by atoms with Gasteiger partial charge in [0.1, 0.15) is 0 Å². The van der Waals surface area contributed by atoms with Crippen molar-refractivity contribution in [2.75, 3.05) is 0 Å². The first-order valence-electron chi connectivity index (χ1n) is 7.08. The van der Waals surface area contributed by atoms with E-state index in [1.54, 1.807) is 0 Å². The third kappa shape index (κ3) is 2.90. The van der Waals surface area contributed by atoms with Gasteiger partial charge in [0.25, 0.3) is 0 Å². The number of carbonyl (C=O) groups is 2. The van der Waals surface area contributed by atoms with E-state index < -0.39 is 6.04 Å². The highest BCUT2D eigenvalue weighted by atomic mass is 16.5. The first-order valence-corrected chi connectivity index (χ1v) is 7.08. The summed E-state index contributed by atoms with van der Waals surface area (Å²) in [4.78, 5) is 25.7. The third-order valence-corrected chi connectivity index (χ3v) is 3.69. The number of likely N-dealkylation sites (tertiary alicyclic amines) is 1. The van der Waals surface area contributed by atoms with Crippen molar-refractivity contribution in [2.24, 2.45) is 0 Å². The maximum atomic E-state index is 12.3. The minimum absolute atomic E-state index is 0.00863. The Morgan fingerprint density at radius 3 is 2.70 bits per heavy atom. The molecule has 110 valence electrons. The Labute approximate surface area is 118 Å². The Morgan fingerprint density at radius 1 is 1.45 bits per heavy atom. The molecule has 0 aromatic carbocycles. The molecule has 1 atom stereocenters. The van der Waals surface area contributed by atoms with Gasteiger partial charge in [-0.2, -0.15) is 0 Å². The average Bonchev–Trinajstić information content (AvgIpc) is 2.95. The Morgan fingerprint density at radius 2 is 2.15 bits per heavy atom. The molecule has 0 bridgehead atoms. The Bertz CT molecular complexity index is 494. The predicted octanol–water partition coefficient (Wildman–Crippen LogP) is 1.39. The van der Waals surface area contributed by atoms with Crippen LogP contribution in [0.5, 0.6) is 0 Å². The van der Waals surface area contributed by atoms with Crippen molar-refractivity contribution in [3.05, 3.63) is 17.5 Å². The molecule has 1 aliphatic heterocycles. The maximum absolute atomic E-state index is 12.3. The van der Waals surface area contributed by atoms with E-state index in [9.17, 15) is 9.59 Å². The number of carbonyl (C=O) groups excluding carboxylic acids is 2. The zero-order valence-corrected chi connectivity index (χ0v) is 12.2. The number of rotatable bonds is 6. The summed E-state index contributed by atoms with van der Waals surface area (Å²) in [5.74, 6) is 0.457. The van der Waals surface area contributed by atoms with Gasteiger partial charge in [-0.05, 0) is 19.8 Å². The van der Waals surface area contributed by atoms with Gasteiger partial charge in [-0.25, -0.2) is 0 Å². The molecular weight excluding hydrogens is 258 g/mol. The Hall–Kier alpha value is -1.69. The molecular formula is C14H21N3O3. The largest absolute Gasteiger partial charge is 0.360 e. The molecule has 1 N–H and O–H groups in total. The van der Waals surface area contributed by atoms with Crippen molar-refractivity contribution in [3.8, 4) is 0 Å². The normalized spacial score (nSPS) is 19.4. The van der Waals surface area contributed by atoms with E-state index in [2.05, 4.69) is 10.5 Å². The van der Waals surface area contributed by atoms with Crippen LogP contribution in [0.15, 0.2) is 10.6 Å². The summed E-state index contributed by atoms with van der Waals surface area (Å²) in [5, 5.41) is 6.87. The Kier molecular flexibility index (Phi) is 4.54. The molecule has 0 aliphatic carbocycles. The molecule has 1 fully saturated rings. The molecule has 6 heteroatoms. The van der Waals surface area contributed by atoms with Gasteiger partial charge >= 0.3 is 0 Å². The van der Waals surface area contributed by atoms with E-state index in [-0.39, 0.29) is 24.3 Å². The van der Waals surface area contributed by atoms with Crippen LogP contribution in [0.4, 0.5) is 0 Å². The molecule has 2 rings (SSSR count). The van der Waals surface area contributed by atoms with E-state index in [4.69, 9.17) is 4.52 Å². The molecule has 20 heavy (non-hydrogen) atoms. The fourth-order valence-corrected chi connectivity index (χ4v) is 2.57. The summed E-state index contributed by atoms with van der Waals surface area (Å²) in [6.07, 6.45) is 1.81. The SMILES string of the molecule is CCC(CC)N1C(=O)CC(NCc2cc(C)no2)C1=O. The molecule has 2 amide bonds. The third-order valence-electron chi connectivity index (χ3n) is 3.69. The van der Waals surface area contributed by atoms with Crippen molar-refractivity contribution in [1.82, 2.24) is 15.4 Å². The summed E-state index contributed by atoms with van der Waals surface area (Å²) in [6.45, 7) is 6.23. The van der Waals surface area contributed by atoms with E-state index in [0.717, 1.165) is 18.5 Å². The second-order valence-corrected chi connectivity index (χ2v) is 5.14. The molecule has 1 saturated heterocycles. The number of aromatic nitrogens is 1. The van der Waals surface area contributed by atoms with Crippen LogP contribution in [0.1, 0.15) is 44.6 Å². The zero-order chi connectivity index (χ0) is 14.7. The Balaban J connectivity index is 1.97. The highest BCUT2D eigenvalue weighted by Crippen LogP contribution is 2.20. The fraction of sp³-hybridized carbons (Fsp3) is 0.643. The molecule has 0 saturated carbocycles. The van der Waals surface area contributed by atoms with Gasteiger partial charge in [-0.3, -0.25) is 19.8 Å². The van der Waals surface area contributed by atoms with Gasteiger partial charge < -0.3 is 4.52 Å². The fourth-order valence-electron chi connectivity index (χ4n) is 2.57. The second-order valence-electron chi connectivity index (χ2n) is 5.14. The van der Waals surface area contributed by atoms with Crippen LogP contribution in [0.3, 0.4) is 0 Å². The van der Waals surface area contributed by atoms with E-state index >= 15 is 0 Å². The van der Waals surface area contributed by atoms with Crippen LogP contribution in [0, 0.1) is 6.92 Å². The van der Waals surface area contributed by atoms with E-state index in [1.165, 1.54) is 4.90 Å². The number of nitrogens with one attached hydrogen (secondary N) is 1. The lowest BCUT2D eigenvalue weighted by atomic mass is 10.1. The minimum atomic E-state index is -0.450. The standard InChI is InChI=1S/C14H21N3O3/c1-4-10(5-2)17-13(18)7-12(14(17)19)15-8-11-6-9(3)16-20-11/h6,10,12,15H,4-5,7-8H2,1-3H3. The molecule has 1 aromatic heterocycles. The second kappa shape index (κ2) is 6.17. The summed E-state index contributed by atoms with van der Waals surface area (Å²) < 4.78 is 5.08. The van der Waals surface area contributed by atoms with E-state index in [0.29, 0.717) is 12.3 Å². The lowest BCUT2D eigenvalue weighted by molar-refractivity contribution is -0.141. The van der Waals surface area contributed by atoms with Crippen LogP contribution < -0.4 is 5.32 Å². The monoisotopic (exact) mass is 279 g/mol. The van der Waals surface area contributed by atoms with Crippen LogP contribution in [0.2, 0.25) is 0 Å². The lowest BCUT2D eigenvalue weighted by Gasteiger charge is -2.24. The van der Waals surface area contributed by atoms with Crippen LogP contribution >= 0.6 is 0 Å². The molecule has 1 aromatic rings. The lowest BCUT2D eigenvalue weighted by Crippen LogP contribution is -2.43. The van der Waals surface area contributed by atoms with Gasteiger partial charge in [0, 0.05) is 12.1 Å². The maximum Gasteiger partial charge on any atom is 0.247 e. The molecule has 1 aliphatic rings. The van der Waals surface area contributed by atoms with Gasteiger partial charge in [0.05, 0.1) is 24.7 Å². The first kappa shape index (κ1) is 14.7. The number of amides is 2. The summed E-state index contributed by atoms with van der Waals surface area (Å²) >= 11 is 0. The van der Waals surface area contributed by atoms with Crippen LogP contribution in [-0.4, -0.2) is 34.0 Å². The summed E-state index contributed by atoms with van der Waals surface area (Å²) in [6, 6.07) is 1.37. The smallest absolute Gasteiger partial charge is 0.247 e. The predicted molar refractivity (Wildman–Crippen MR) is 72.7 cm³/mol. The molecule has 0 spiro atoms. The van der Waals surface area contributed by atoms with Crippen molar-refractivity contribution in [1.29, 1.82) is 0 Å². The number of hydrogen-bond donors (Lipinski definition) is 1. The number of imide groups is 1. The van der Waals surface area contributed by atoms with Gasteiger partial charge in [0.15, 0.2) is 5.76 Å². The van der Waals surface area contributed by atoms with Crippen molar-refractivity contribution < 1.29 is 14.1 Å². The summed E-state index contributed by atoms with van der Waals surface area (Å²) in [7, 11) is 0. The summed E-state index contributed by atoms with van der Waals surface area (Å²) in [5.41, 5.74) is 0.800. The molecule has 2 heterocycles. The van der Waals surface area contributed by atoms with Crippen LogP contribution in [0.25, 0.3) is 0 Å². The number of nitrogens with zero attached hydrogens (tertiary/aromatic N) is 2. The van der Waals surface area contributed by atoms with E-state index in [1.807, 2.05) is 26.8 Å². The molecule has 1 unspecified atom stereocenters.